The van der Waals surface area contributed by atoms with Crippen LogP contribution in [-0.2, 0) is 11.3 Å². The van der Waals surface area contributed by atoms with Crippen molar-refractivity contribution in [3.8, 4) is 11.5 Å². The normalized spacial score (nSPS) is 15.0. The lowest BCUT2D eigenvalue weighted by molar-refractivity contribution is -0.122. The van der Waals surface area contributed by atoms with Gasteiger partial charge in [-0.1, -0.05) is 19.9 Å². The molecule has 0 aliphatic carbocycles. The molecule has 1 amide bonds. The average Bonchev–Trinajstić information content (AvgIpc) is 2.43. The van der Waals surface area contributed by atoms with Crippen LogP contribution in [-0.4, -0.2) is 25.2 Å². The first-order chi connectivity index (χ1) is 9.56. The summed E-state index contributed by atoms with van der Waals surface area (Å²) in [4.78, 5) is 11.8. The van der Waals surface area contributed by atoms with Gasteiger partial charge in [0.15, 0.2) is 11.5 Å². The first kappa shape index (κ1) is 14.7. The van der Waals surface area contributed by atoms with E-state index in [4.69, 9.17) is 15.2 Å². The van der Waals surface area contributed by atoms with Gasteiger partial charge >= 0.3 is 0 Å². The number of carbonyl (C=O) groups is 1. The highest BCUT2D eigenvalue weighted by Crippen LogP contribution is 2.30. The Morgan fingerprint density at radius 1 is 1.30 bits per heavy atom. The van der Waals surface area contributed by atoms with Crippen molar-refractivity contribution in [2.75, 3.05) is 13.2 Å². The summed E-state index contributed by atoms with van der Waals surface area (Å²) in [6, 6.07) is 5.22. The monoisotopic (exact) mass is 278 g/mol. The number of hydrogen-bond acceptors (Lipinski definition) is 4. The lowest BCUT2D eigenvalue weighted by atomic mass is 10.0. The Morgan fingerprint density at radius 2 is 2.00 bits per heavy atom. The molecule has 0 bridgehead atoms. The Bertz CT molecular complexity index is 474. The van der Waals surface area contributed by atoms with Crippen LogP contribution in [0.5, 0.6) is 11.5 Å². The van der Waals surface area contributed by atoms with Crippen LogP contribution < -0.4 is 20.5 Å². The Morgan fingerprint density at radius 3 is 2.70 bits per heavy atom. The second-order valence-corrected chi connectivity index (χ2v) is 5.43. The van der Waals surface area contributed by atoms with Gasteiger partial charge in [-0.25, -0.2) is 0 Å². The van der Waals surface area contributed by atoms with Crippen molar-refractivity contribution in [3.63, 3.8) is 0 Å². The summed E-state index contributed by atoms with van der Waals surface area (Å²) in [6.07, 6.45) is 0.687. The number of nitrogens with one attached hydrogen (secondary N) is 1. The minimum absolute atomic E-state index is 0.117. The highest BCUT2D eigenvalue weighted by atomic mass is 16.6. The molecule has 0 unspecified atom stereocenters. The van der Waals surface area contributed by atoms with Gasteiger partial charge < -0.3 is 20.5 Å². The molecule has 0 saturated carbocycles. The minimum Gasteiger partial charge on any atom is -0.486 e. The fourth-order valence-corrected chi connectivity index (χ4v) is 2.13. The van der Waals surface area contributed by atoms with E-state index in [0.717, 1.165) is 17.1 Å². The van der Waals surface area contributed by atoms with E-state index in [1.54, 1.807) is 0 Å². The van der Waals surface area contributed by atoms with Gasteiger partial charge in [0.25, 0.3) is 0 Å². The smallest absolute Gasteiger partial charge is 0.237 e. The van der Waals surface area contributed by atoms with Crippen molar-refractivity contribution in [1.29, 1.82) is 0 Å². The number of rotatable bonds is 5. The molecule has 1 aromatic carbocycles. The van der Waals surface area contributed by atoms with Crippen LogP contribution >= 0.6 is 0 Å². The number of hydrogen-bond donors (Lipinski definition) is 2. The van der Waals surface area contributed by atoms with Gasteiger partial charge in [-0.2, -0.15) is 0 Å². The molecule has 0 aromatic heterocycles. The van der Waals surface area contributed by atoms with Crippen LogP contribution in [0.15, 0.2) is 18.2 Å². The van der Waals surface area contributed by atoms with Gasteiger partial charge in [-0.05, 0) is 30.0 Å². The number of nitrogens with two attached hydrogens (primary N) is 1. The topological polar surface area (TPSA) is 73.6 Å². The van der Waals surface area contributed by atoms with E-state index in [2.05, 4.69) is 5.32 Å². The second-order valence-electron chi connectivity index (χ2n) is 5.43. The van der Waals surface area contributed by atoms with Gasteiger partial charge in [-0.15, -0.1) is 0 Å². The maximum atomic E-state index is 11.8. The first-order valence-electron chi connectivity index (χ1n) is 6.98. The van der Waals surface area contributed by atoms with Crippen molar-refractivity contribution in [3.05, 3.63) is 23.8 Å². The van der Waals surface area contributed by atoms with Crippen molar-refractivity contribution in [2.45, 2.75) is 32.9 Å². The van der Waals surface area contributed by atoms with Crippen LogP contribution in [0.2, 0.25) is 0 Å². The largest absolute Gasteiger partial charge is 0.486 e. The molecule has 1 atom stereocenters. The lowest BCUT2D eigenvalue weighted by Crippen LogP contribution is -2.41. The van der Waals surface area contributed by atoms with Gasteiger partial charge in [0, 0.05) is 6.54 Å². The average molecular weight is 278 g/mol. The van der Waals surface area contributed by atoms with E-state index in [1.807, 2.05) is 32.0 Å². The summed E-state index contributed by atoms with van der Waals surface area (Å²) in [5.74, 6) is 1.77. The molecule has 1 aromatic rings. The van der Waals surface area contributed by atoms with E-state index in [0.29, 0.717) is 32.1 Å². The van der Waals surface area contributed by atoms with Gasteiger partial charge in [0.05, 0.1) is 6.04 Å². The quantitative estimate of drug-likeness (QED) is 0.855. The summed E-state index contributed by atoms with van der Waals surface area (Å²) >= 11 is 0. The molecule has 1 aliphatic heterocycles. The van der Waals surface area contributed by atoms with Gasteiger partial charge in [0.2, 0.25) is 5.91 Å². The molecule has 3 N–H and O–H groups in total. The summed E-state index contributed by atoms with van der Waals surface area (Å²) in [5, 5.41) is 2.85. The summed E-state index contributed by atoms with van der Waals surface area (Å²) in [5.41, 5.74) is 6.81. The number of amides is 1. The van der Waals surface area contributed by atoms with Crippen LogP contribution in [0.4, 0.5) is 0 Å². The van der Waals surface area contributed by atoms with Gasteiger partial charge in [0.1, 0.15) is 13.2 Å². The van der Waals surface area contributed by atoms with Crippen LogP contribution in [0.25, 0.3) is 0 Å². The molecule has 2 rings (SSSR count). The third-order valence-corrected chi connectivity index (χ3v) is 3.14. The number of fused-ring (bicyclic) bond motifs is 1. The fraction of sp³-hybridized carbons (Fsp3) is 0.533. The van der Waals surface area contributed by atoms with Crippen molar-refractivity contribution >= 4 is 5.91 Å². The molecular formula is C15H22N2O3. The molecule has 0 spiro atoms. The molecular weight excluding hydrogens is 256 g/mol. The Kier molecular flexibility index (Phi) is 4.84. The van der Waals surface area contributed by atoms with E-state index in [-0.39, 0.29) is 5.91 Å². The zero-order valence-corrected chi connectivity index (χ0v) is 12.0. The van der Waals surface area contributed by atoms with Crippen molar-refractivity contribution in [2.24, 2.45) is 11.7 Å². The highest BCUT2D eigenvalue weighted by molar-refractivity contribution is 5.81. The van der Waals surface area contributed by atoms with Crippen LogP contribution in [0.3, 0.4) is 0 Å². The summed E-state index contributed by atoms with van der Waals surface area (Å²) < 4.78 is 11.0. The standard InChI is InChI=1S/C15H22N2O3/c1-10(2)7-12(16)15(18)17-9-11-3-4-13-14(8-11)20-6-5-19-13/h3-4,8,10,12H,5-7,9,16H2,1-2H3,(H,17,18)/t12-/m0/s1. The predicted octanol–water partition coefficient (Wildman–Crippen LogP) is 1.45. The summed E-state index contributed by atoms with van der Waals surface area (Å²) in [7, 11) is 0. The Labute approximate surface area is 119 Å². The lowest BCUT2D eigenvalue weighted by Gasteiger charge is -2.19. The van der Waals surface area contributed by atoms with Crippen molar-refractivity contribution in [1.82, 2.24) is 5.32 Å². The number of benzene rings is 1. The third kappa shape index (κ3) is 3.87. The maximum absolute atomic E-state index is 11.8. The van der Waals surface area contributed by atoms with E-state index >= 15 is 0 Å². The SMILES string of the molecule is CC(C)C[C@H](N)C(=O)NCc1ccc2c(c1)OCCO2. The molecule has 1 heterocycles. The molecule has 0 fully saturated rings. The fourth-order valence-electron chi connectivity index (χ4n) is 2.13. The molecule has 0 saturated heterocycles. The molecule has 5 nitrogen and oxygen atoms in total. The zero-order chi connectivity index (χ0) is 14.5. The highest BCUT2D eigenvalue weighted by Gasteiger charge is 2.15. The van der Waals surface area contributed by atoms with E-state index < -0.39 is 6.04 Å². The Hall–Kier alpha value is -1.75. The van der Waals surface area contributed by atoms with Gasteiger partial charge in [-0.3, -0.25) is 4.79 Å². The second kappa shape index (κ2) is 6.61. The van der Waals surface area contributed by atoms with Crippen LogP contribution in [0.1, 0.15) is 25.8 Å². The Balaban J connectivity index is 1.89. The number of carbonyl (C=O) groups excluding carboxylic acids is 1. The number of ether oxygens (including phenoxy) is 2. The molecule has 20 heavy (non-hydrogen) atoms. The summed E-state index contributed by atoms with van der Waals surface area (Å²) in [6.45, 7) is 5.68. The maximum Gasteiger partial charge on any atom is 0.237 e. The third-order valence-electron chi connectivity index (χ3n) is 3.14. The minimum atomic E-state index is -0.452. The zero-order valence-electron chi connectivity index (χ0n) is 12.0. The van der Waals surface area contributed by atoms with Crippen molar-refractivity contribution < 1.29 is 14.3 Å². The first-order valence-corrected chi connectivity index (χ1v) is 6.98. The molecule has 0 radical (unpaired) electrons. The molecule has 110 valence electrons. The molecule has 1 aliphatic rings. The van der Waals surface area contributed by atoms with E-state index in [9.17, 15) is 4.79 Å². The van der Waals surface area contributed by atoms with Crippen LogP contribution in [0, 0.1) is 5.92 Å². The predicted molar refractivity (Wildman–Crippen MR) is 76.7 cm³/mol. The van der Waals surface area contributed by atoms with E-state index in [1.165, 1.54) is 0 Å². The molecule has 5 heteroatoms.